The third-order valence-electron chi connectivity index (χ3n) is 7.35. The summed E-state index contributed by atoms with van der Waals surface area (Å²) in [7, 11) is 1.79. The number of allylic oxidation sites excluding steroid dienone is 1. The van der Waals surface area contributed by atoms with Crippen LogP contribution < -0.4 is 4.74 Å². The van der Waals surface area contributed by atoms with Gasteiger partial charge in [-0.3, -0.25) is 0 Å². The molecule has 1 nitrogen and oxygen atoms in total. The number of benzene rings is 1. The quantitative estimate of drug-likeness (QED) is 0.427. The fourth-order valence-corrected chi connectivity index (χ4v) is 5.49. The van der Waals surface area contributed by atoms with Crippen molar-refractivity contribution in [2.75, 3.05) is 7.11 Å². The molecule has 1 heteroatoms. The lowest BCUT2D eigenvalue weighted by atomic mass is 9.74. The lowest BCUT2D eigenvalue weighted by molar-refractivity contribution is 0.246. The molecule has 150 valence electrons. The third kappa shape index (κ3) is 5.62. The molecule has 0 unspecified atom stereocenters. The van der Waals surface area contributed by atoms with Crippen molar-refractivity contribution in [3.05, 3.63) is 42.0 Å². The van der Waals surface area contributed by atoms with Gasteiger partial charge in [-0.1, -0.05) is 44.4 Å². The van der Waals surface area contributed by atoms with Crippen LogP contribution in [0.4, 0.5) is 0 Å². The van der Waals surface area contributed by atoms with Crippen molar-refractivity contribution in [2.24, 2.45) is 17.8 Å². The van der Waals surface area contributed by atoms with E-state index in [1.54, 1.807) is 12.7 Å². The van der Waals surface area contributed by atoms with Gasteiger partial charge < -0.3 is 4.74 Å². The van der Waals surface area contributed by atoms with Crippen LogP contribution in [-0.2, 0) is 6.42 Å². The molecule has 1 aromatic rings. The van der Waals surface area contributed by atoms with E-state index in [0.717, 1.165) is 35.8 Å². The number of methoxy groups -OCH3 is 1. The summed E-state index contributed by atoms with van der Waals surface area (Å²) in [5.74, 6) is 4.62. The van der Waals surface area contributed by atoms with E-state index in [1.165, 1.54) is 76.2 Å². The summed E-state index contributed by atoms with van der Waals surface area (Å²) in [5.41, 5.74) is 2.95. The normalized spacial score (nSPS) is 28.7. The summed E-state index contributed by atoms with van der Waals surface area (Å²) in [6.45, 7) is 6.23. The predicted molar refractivity (Wildman–Crippen MR) is 117 cm³/mol. The SMILES string of the molecule is C=C[C@H]1CC[C@H](CCC2CCC(c3ccc(OC)c(CCC)c3)CC2)CC1. The molecule has 2 aliphatic rings. The molecule has 0 aromatic heterocycles. The molecule has 0 bridgehead atoms. The van der Waals surface area contributed by atoms with Gasteiger partial charge in [-0.2, -0.15) is 0 Å². The largest absolute Gasteiger partial charge is 0.496 e. The summed E-state index contributed by atoms with van der Waals surface area (Å²) in [6, 6.07) is 6.96. The molecular weight excluding hydrogens is 328 g/mol. The van der Waals surface area contributed by atoms with Crippen molar-refractivity contribution in [2.45, 2.75) is 89.9 Å². The Labute approximate surface area is 167 Å². The highest BCUT2D eigenvalue weighted by atomic mass is 16.5. The van der Waals surface area contributed by atoms with Crippen molar-refractivity contribution in [1.82, 2.24) is 0 Å². The van der Waals surface area contributed by atoms with E-state index in [2.05, 4.69) is 37.8 Å². The van der Waals surface area contributed by atoms with Gasteiger partial charge in [-0.15, -0.1) is 6.58 Å². The summed E-state index contributed by atoms with van der Waals surface area (Å²) in [6.07, 6.45) is 18.7. The topological polar surface area (TPSA) is 9.23 Å². The Hall–Kier alpha value is -1.24. The van der Waals surface area contributed by atoms with Crippen LogP contribution >= 0.6 is 0 Å². The van der Waals surface area contributed by atoms with Crippen molar-refractivity contribution in [3.63, 3.8) is 0 Å². The van der Waals surface area contributed by atoms with Crippen LogP contribution in [0, 0.1) is 17.8 Å². The molecular formula is C26H40O. The number of ether oxygens (including phenoxy) is 1. The van der Waals surface area contributed by atoms with Gasteiger partial charge in [0.2, 0.25) is 0 Å². The molecule has 0 N–H and O–H groups in total. The molecule has 0 aliphatic heterocycles. The molecule has 2 aliphatic carbocycles. The Morgan fingerprint density at radius 2 is 1.59 bits per heavy atom. The van der Waals surface area contributed by atoms with E-state index in [1.807, 2.05) is 0 Å². The first-order valence-electron chi connectivity index (χ1n) is 11.5. The summed E-state index contributed by atoms with van der Waals surface area (Å²) in [4.78, 5) is 0. The molecule has 27 heavy (non-hydrogen) atoms. The number of rotatable bonds is 8. The highest BCUT2D eigenvalue weighted by Gasteiger charge is 2.25. The van der Waals surface area contributed by atoms with Crippen LogP contribution in [0.15, 0.2) is 30.9 Å². The maximum Gasteiger partial charge on any atom is 0.122 e. The first-order valence-corrected chi connectivity index (χ1v) is 11.5. The summed E-state index contributed by atoms with van der Waals surface area (Å²) >= 11 is 0. The summed E-state index contributed by atoms with van der Waals surface area (Å²) in [5, 5.41) is 0. The van der Waals surface area contributed by atoms with E-state index in [0.29, 0.717) is 0 Å². The smallest absolute Gasteiger partial charge is 0.122 e. The van der Waals surface area contributed by atoms with E-state index in [-0.39, 0.29) is 0 Å². The number of hydrogen-bond acceptors (Lipinski definition) is 1. The van der Waals surface area contributed by atoms with Gasteiger partial charge in [0.25, 0.3) is 0 Å². The Morgan fingerprint density at radius 1 is 0.963 bits per heavy atom. The molecule has 0 saturated heterocycles. The van der Waals surface area contributed by atoms with E-state index in [9.17, 15) is 0 Å². The van der Waals surface area contributed by atoms with Gasteiger partial charge in [-0.05, 0) is 98.7 Å². The fraction of sp³-hybridized carbons (Fsp3) is 0.692. The molecule has 1 aromatic carbocycles. The molecule has 0 heterocycles. The van der Waals surface area contributed by atoms with Crippen LogP contribution in [0.1, 0.15) is 94.6 Å². The molecule has 0 amide bonds. The van der Waals surface area contributed by atoms with Crippen LogP contribution in [0.5, 0.6) is 5.75 Å². The average molecular weight is 369 g/mol. The van der Waals surface area contributed by atoms with Gasteiger partial charge in [0.15, 0.2) is 0 Å². The monoisotopic (exact) mass is 368 g/mol. The Balaban J connectivity index is 1.45. The lowest BCUT2D eigenvalue weighted by Gasteiger charge is -2.31. The minimum Gasteiger partial charge on any atom is -0.496 e. The first kappa shape index (κ1) is 20.5. The number of aryl methyl sites for hydroxylation is 1. The zero-order chi connectivity index (χ0) is 19.1. The van der Waals surface area contributed by atoms with E-state index >= 15 is 0 Å². The fourth-order valence-electron chi connectivity index (χ4n) is 5.49. The van der Waals surface area contributed by atoms with Gasteiger partial charge in [-0.25, -0.2) is 0 Å². The van der Waals surface area contributed by atoms with Crippen molar-refractivity contribution < 1.29 is 4.74 Å². The Morgan fingerprint density at radius 3 is 2.15 bits per heavy atom. The highest BCUT2D eigenvalue weighted by molar-refractivity contribution is 5.39. The summed E-state index contributed by atoms with van der Waals surface area (Å²) < 4.78 is 5.56. The van der Waals surface area contributed by atoms with Crippen molar-refractivity contribution in [3.8, 4) is 5.75 Å². The van der Waals surface area contributed by atoms with E-state index in [4.69, 9.17) is 4.74 Å². The van der Waals surface area contributed by atoms with Gasteiger partial charge >= 0.3 is 0 Å². The minimum atomic E-state index is 0.769. The molecule has 2 fully saturated rings. The van der Waals surface area contributed by atoms with Gasteiger partial charge in [0.05, 0.1) is 7.11 Å². The van der Waals surface area contributed by atoms with Crippen molar-refractivity contribution in [1.29, 1.82) is 0 Å². The molecule has 2 saturated carbocycles. The molecule has 0 spiro atoms. The van der Waals surface area contributed by atoms with Crippen LogP contribution in [0.25, 0.3) is 0 Å². The second-order valence-electron chi connectivity index (χ2n) is 9.13. The second-order valence-corrected chi connectivity index (χ2v) is 9.13. The number of hydrogen-bond donors (Lipinski definition) is 0. The zero-order valence-electron chi connectivity index (χ0n) is 17.7. The lowest BCUT2D eigenvalue weighted by Crippen LogP contribution is -2.17. The predicted octanol–water partition coefficient (Wildman–Crippen LogP) is 7.69. The van der Waals surface area contributed by atoms with Gasteiger partial charge in [0.1, 0.15) is 5.75 Å². The highest BCUT2D eigenvalue weighted by Crippen LogP contribution is 2.40. The average Bonchev–Trinajstić information content (AvgIpc) is 2.73. The van der Waals surface area contributed by atoms with Crippen LogP contribution in [0.3, 0.4) is 0 Å². The zero-order valence-corrected chi connectivity index (χ0v) is 17.7. The molecule has 0 radical (unpaired) electrons. The maximum atomic E-state index is 5.56. The first-order chi connectivity index (χ1) is 13.2. The molecule has 0 atom stereocenters. The van der Waals surface area contributed by atoms with E-state index < -0.39 is 0 Å². The maximum absolute atomic E-state index is 5.56. The minimum absolute atomic E-state index is 0.769. The van der Waals surface area contributed by atoms with Gasteiger partial charge in [0, 0.05) is 0 Å². The molecule has 3 rings (SSSR count). The van der Waals surface area contributed by atoms with Crippen LogP contribution in [0.2, 0.25) is 0 Å². The Bertz CT molecular complexity index is 574. The Kier molecular flexibility index (Phi) is 7.85. The third-order valence-corrected chi connectivity index (χ3v) is 7.35. The van der Waals surface area contributed by atoms with Crippen molar-refractivity contribution >= 4 is 0 Å². The second kappa shape index (κ2) is 10.3. The standard InChI is InChI=1S/C26H40O/c1-4-6-25-19-24(17-18-26(25)27-3)23-15-13-22(14-16-23)12-11-21-9-7-20(5-2)8-10-21/h5,17-23H,2,4,6-16H2,1,3H3/t20-,21-,22?,23?. The van der Waals surface area contributed by atoms with Crippen LogP contribution in [-0.4, -0.2) is 7.11 Å².